The maximum Gasteiger partial charge on any atom is 0.241 e. The number of nitrogens with one attached hydrogen (secondary N) is 1. The first-order chi connectivity index (χ1) is 16.1. The summed E-state index contributed by atoms with van der Waals surface area (Å²) in [5.41, 5.74) is 1.78. The molecule has 170 valence electrons. The number of furan rings is 1. The highest BCUT2D eigenvalue weighted by atomic mass is 16.5. The van der Waals surface area contributed by atoms with Gasteiger partial charge in [0.25, 0.3) is 0 Å². The average Bonchev–Trinajstić information content (AvgIpc) is 3.48. The minimum atomic E-state index is -0.178. The monoisotopic (exact) mass is 445 g/mol. The van der Waals surface area contributed by atoms with Crippen molar-refractivity contribution in [2.75, 3.05) is 32.7 Å². The molecule has 5 rings (SSSR count). The van der Waals surface area contributed by atoms with E-state index in [9.17, 15) is 4.79 Å². The van der Waals surface area contributed by atoms with Gasteiger partial charge >= 0.3 is 0 Å². The molecule has 3 heterocycles. The molecular formula is C25H27N5O3. The topological polar surface area (TPSA) is 87.6 Å². The van der Waals surface area contributed by atoms with E-state index >= 15 is 0 Å². The van der Waals surface area contributed by atoms with E-state index < -0.39 is 0 Å². The number of rotatable bonds is 7. The summed E-state index contributed by atoms with van der Waals surface area (Å²) >= 11 is 0. The Morgan fingerprint density at radius 1 is 1.03 bits per heavy atom. The molecule has 33 heavy (non-hydrogen) atoms. The molecule has 1 amide bonds. The number of amides is 1. The molecule has 2 aromatic carbocycles. The van der Waals surface area contributed by atoms with E-state index in [1.807, 2.05) is 67.6 Å². The van der Waals surface area contributed by atoms with Crippen LogP contribution in [0.4, 0.5) is 0 Å². The van der Waals surface area contributed by atoms with E-state index in [-0.39, 0.29) is 11.9 Å². The Balaban J connectivity index is 1.08. The van der Waals surface area contributed by atoms with Crippen molar-refractivity contribution in [3.63, 3.8) is 0 Å². The molecule has 1 saturated heterocycles. The number of piperazine rings is 1. The Labute approximate surface area is 192 Å². The first kappa shape index (κ1) is 21.4. The highest BCUT2D eigenvalue weighted by Crippen LogP contribution is 2.23. The fraction of sp³-hybridized carbons (Fsp3) is 0.320. The van der Waals surface area contributed by atoms with Crippen LogP contribution in [0.3, 0.4) is 0 Å². The number of aromatic nitrogens is 2. The lowest BCUT2D eigenvalue weighted by atomic mass is 10.2. The number of para-hydroxylation sites is 1. The Bertz CT molecular complexity index is 1180. The SMILES string of the molecule is C[C@H](NC(=O)CN1CCN(Cc2nc(-c3ccccc3)no2)CC1)c1cc2ccccc2o1. The normalized spacial score (nSPS) is 16.2. The van der Waals surface area contributed by atoms with Crippen molar-refractivity contribution in [2.24, 2.45) is 0 Å². The van der Waals surface area contributed by atoms with Crippen LogP contribution >= 0.6 is 0 Å². The molecule has 8 heteroatoms. The molecule has 1 N–H and O–H groups in total. The van der Waals surface area contributed by atoms with Crippen molar-refractivity contribution >= 4 is 16.9 Å². The van der Waals surface area contributed by atoms with Crippen molar-refractivity contribution in [3.05, 3.63) is 72.3 Å². The van der Waals surface area contributed by atoms with Gasteiger partial charge in [-0.2, -0.15) is 4.98 Å². The van der Waals surface area contributed by atoms with Crippen molar-refractivity contribution in [1.29, 1.82) is 0 Å². The second kappa shape index (κ2) is 9.56. The van der Waals surface area contributed by atoms with E-state index in [1.54, 1.807) is 0 Å². The number of hydrogen-bond acceptors (Lipinski definition) is 7. The molecule has 0 aliphatic carbocycles. The lowest BCUT2D eigenvalue weighted by Gasteiger charge is -2.33. The number of hydrogen-bond donors (Lipinski definition) is 1. The van der Waals surface area contributed by atoms with Crippen molar-refractivity contribution in [2.45, 2.75) is 19.5 Å². The van der Waals surface area contributed by atoms with Gasteiger partial charge < -0.3 is 14.3 Å². The molecule has 0 radical (unpaired) electrons. The summed E-state index contributed by atoms with van der Waals surface area (Å²) in [5, 5.41) is 8.18. The number of fused-ring (bicyclic) bond motifs is 1. The van der Waals surface area contributed by atoms with Gasteiger partial charge in [0, 0.05) is 37.1 Å². The minimum absolute atomic E-state index is 0.000750. The van der Waals surface area contributed by atoms with E-state index in [1.165, 1.54) is 0 Å². The molecule has 1 fully saturated rings. The van der Waals surface area contributed by atoms with Gasteiger partial charge in [-0.25, -0.2) is 0 Å². The van der Waals surface area contributed by atoms with E-state index in [0.717, 1.165) is 48.5 Å². The number of carbonyl (C=O) groups is 1. The Morgan fingerprint density at radius 2 is 1.76 bits per heavy atom. The van der Waals surface area contributed by atoms with E-state index in [2.05, 4.69) is 25.3 Å². The summed E-state index contributed by atoms with van der Waals surface area (Å²) in [7, 11) is 0. The van der Waals surface area contributed by atoms with Crippen LogP contribution in [0.5, 0.6) is 0 Å². The third-order valence-electron chi connectivity index (χ3n) is 5.94. The molecule has 1 atom stereocenters. The lowest BCUT2D eigenvalue weighted by Crippen LogP contribution is -2.49. The number of benzene rings is 2. The van der Waals surface area contributed by atoms with E-state index in [0.29, 0.717) is 24.8 Å². The van der Waals surface area contributed by atoms with Crippen molar-refractivity contribution < 1.29 is 13.7 Å². The lowest BCUT2D eigenvalue weighted by molar-refractivity contribution is -0.123. The summed E-state index contributed by atoms with van der Waals surface area (Å²) in [6, 6.07) is 19.5. The van der Waals surface area contributed by atoms with Gasteiger partial charge in [0.05, 0.1) is 19.1 Å². The van der Waals surface area contributed by atoms with Crippen molar-refractivity contribution in [3.8, 4) is 11.4 Å². The van der Waals surface area contributed by atoms with Crippen LogP contribution < -0.4 is 5.32 Å². The Kier molecular flexibility index (Phi) is 6.19. The summed E-state index contributed by atoms with van der Waals surface area (Å²) in [6.45, 7) is 6.24. The fourth-order valence-corrected chi connectivity index (χ4v) is 4.10. The third-order valence-corrected chi connectivity index (χ3v) is 5.94. The smallest absolute Gasteiger partial charge is 0.241 e. The van der Waals surface area contributed by atoms with Gasteiger partial charge in [0.15, 0.2) is 0 Å². The molecule has 4 aromatic rings. The second-order valence-corrected chi connectivity index (χ2v) is 8.41. The third kappa shape index (κ3) is 5.13. The molecule has 0 saturated carbocycles. The molecule has 2 aromatic heterocycles. The van der Waals surface area contributed by atoms with E-state index in [4.69, 9.17) is 8.94 Å². The summed E-state index contributed by atoms with van der Waals surface area (Å²) in [5.74, 6) is 1.99. The van der Waals surface area contributed by atoms with Gasteiger partial charge in [-0.05, 0) is 19.1 Å². The van der Waals surface area contributed by atoms with Crippen LogP contribution in [0.15, 0.2) is 69.6 Å². The Morgan fingerprint density at radius 3 is 2.55 bits per heavy atom. The predicted octanol–water partition coefficient (Wildman–Crippen LogP) is 3.48. The number of nitrogens with zero attached hydrogens (tertiary/aromatic N) is 4. The zero-order valence-electron chi connectivity index (χ0n) is 18.6. The zero-order valence-corrected chi connectivity index (χ0v) is 18.6. The van der Waals surface area contributed by atoms with Gasteiger partial charge in [0.2, 0.25) is 17.6 Å². The summed E-state index contributed by atoms with van der Waals surface area (Å²) < 4.78 is 11.3. The van der Waals surface area contributed by atoms with Crippen molar-refractivity contribution in [1.82, 2.24) is 25.3 Å². The molecule has 0 unspecified atom stereocenters. The van der Waals surface area contributed by atoms with Crippen LogP contribution in [-0.2, 0) is 11.3 Å². The highest BCUT2D eigenvalue weighted by Gasteiger charge is 2.22. The predicted molar refractivity (Wildman–Crippen MR) is 124 cm³/mol. The maximum absolute atomic E-state index is 12.6. The second-order valence-electron chi connectivity index (χ2n) is 8.41. The first-order valence-electron chi connectivity index (χ1n) is 11.2. The largest absolute Gasteiger partial charge is 0.459 e. The van der Waals surface area contributed by atoms with Crippen LogP contribution in [0.1, 0.15) is 24.6 Å². The number of carbonyl (C=O) groups excluding carboxylic acids is 1. The first-order valence-corrected chi connectivity index (χ1v) is 11.2. The van der Waals surface area contributed by atoms with Gasteiger partial charge in [-0.15, -0.1) is 0 Å². The van der Waals surface area contributed by atoms with Gasteiger partial charge in [-0.3, -0.25) is 14.6 Å². The molecule has 0 spiro atoms. The van der Waals surface area contributed by atoms with Gasteiger partial charge in [0.1, 0.15) is 11.3 Å². The highest BCUT2D eigenvalue weighted by molar-refractivity contribution is 5.80. The molecule has 1 aliphatic rings. The van der Waals surface area contributed by atoms with Gasteiger partial charge in [-0.1, -0.05) is 53.7 Å². The Hall–Kier alpha value is -3.49. The summed E-state index contributed by atoms with van der Waals surface area (Å²) in [4.78, 5) is 21.5. The molecular weight excluding hydrogens is 418 g/mol. The fourth-order valence-electron chi connectivity index (χ4n) is 4.10. The summed E-state index contributed by atoms with van der Waals surface area (Å²) in [6.07, 6.45) is 0. The zero-order chi connectivity index (χ0) is 22.6. The average molecular weight is 446 g/mol. The molecule has 1 aliphatic heterocycles. The quantitative estimate of drug-likeness (QED) is 0.466. The standard InChI is InChI=1S/C25H27N5O3/c1-18(22-15-20-9-5-6-10-21(20)32-22)26-23(31)16-29-11-13-30(14-12-29)17-24-27-25(28-33-24)19-7-3-2-4-8-19/h2-10,15,18H,11-14,16-17H2,1H3,(H,26,31)/t18-/m0/s1. The van der Waals surface area contributed by atoms with Crippen LogP contribution in [0.25, 0.3) is 22.4 Å². The minimum Gasteiger partial charge on any atom is -0.459 e. The van der Waals surface area contributed by atoms with Crippen LogP contribution in [0, 0.1) is 0 Å². The van der Waals surface area contributed by atoms with Crippen LogP contribution in [-0.4, -0.2) is 58.6 Å². The maximum atomic E-state index is 12.6. The molecule has 8 nitrogen and oxygen atoms in total. The molecule has 0 bridgehead atoms. The van der Waals surface area contributed by atoms with Crippen LogP contribution in [0.2, 0.25) is 0 Å².